The van der Waals surface area contributed by atoms with Crippen LogP contribution < -0.4 is 11.1 Å². The molecule has 1 atom stereocenters. The lowest BCUT2D eigenvalue weighted by atomic mass is 9.84. The first-order valence-electron chi connectivity index (χ1n) is 6.14. The molecule has 0 aliphatic carbocycles. The van der Waals surface area contributed by atoms with Gasteiger partial charge in [-0.3, -0.25) is 4.79 Å². The van der Waals surface area contributed by atoms with E-state index in [2.05, 4.69) is 26.1 Å². The van der Waals surface area contributed by atoms with Gasteiger partial charge in [-0.05, 0) is 25.7 Å². The lowest BCUT2D eigenvalue weighted by Crippen LogP contribution is -2.44. The van der Waals surface area contributed by atoms with Crippen molar-refractivity contribution in [3.8, 4) is 0 Å². The minimum atomic E-state index is -0.337. The number of methoxy groups -OCH3 is 1. The van der Waals surface area contributed by atoms with Crippen LogP contribution in [0, 0.1) is 11.3 Å². The fraction of sp³-hybridized carbons (Fsp3) is 0.923. The van der Waals surface area contributed by atoms with Crippen LogP contribution in [0.1, 0.15) is 41.0 Å². The van der Waals surface area contributed by atoms with E-state index in [0.29, 0.717) is 13.1 Å². The minimum absolute atomic E-state index is 0.0209. The zero-order valence-electron chi connectivity index (χ0n) is 12.1. The fourth-order valence-corrected chi connectivity index (χ4v) is 1.54. The van der Waals surface area contributed by atoms with E-state index in [9.17, 15) is 4.79 Å². The third-order valence-corrected chi connectivity index (χ3v) is 2.76. The van der Waals surface area contributed by atoms with E-state index in [1.165, 1.54) is 0 Å². The van der Waals surface area contributed by atoms with Crippen LogP contribution in [0.5, 0.6) is 0 Å². The van der Waals surface area contributed by atoms with E-state index in [1.807, 2.05) is 13.8 Å². The van der Waals surface area contributed by atoms with Crippen molar-refractivity contribution in [3.63, 3.8) is 0 Å². The number of carbonyl (C=O) groups excluding carboxylic acids is 1. The molecule has 0 spiro atoms. The monoisotopic (exact) mass is 244 g/mol. The Morgan fingerprint density at radius 2 is 1.82 bits per heavy atom. The second-order valence-corrected chi connectivity index (χ2v) is 6.38. The zero-order chi connectivity index (χ0) is 13.7. The third kappa shape index (κ3) is 7.34. The van der Waals surface area contributed by atoms with E-state index < -0.39 is 0 Å². The second kappa shape index (κ2) is 6.36. The molecule has 0 fully saturated rings. The Balaban J connectivity index is 4.28. The van der Waals surface area contributed by atoms with Gasteiger partial charge in [-0.1, -0.05) is 20.8 Å². The molecule has 102 valence electrons. The second-order valence-electron chi connectivity index (χ2n) is 6.38. The van der Waals surface area contributed by atoms with Crippen LogP contribution in [-0.2, 0) is 9.53 Å². The van der Waals surface area contributed by atoms with Gasteiger partial charge in [0.05, 0.1) is 11.5 Å². The molecular weight excluding hydrogens is 216 g/mol. The molecule has 0 radical (unpaired) electrons. The maximum absolute atomic E-state index is 12.0. The molecule has 0 saturated heterocycles. The molecule has 4 heteroatoms. The zero-order valence-corrected chi connectivity index (χ0v) is 12.1. The number of rotatable bonds is 6. The first-order valence-corrected chi connectivity index (χ1v) is 6.14. The van der Waals surface area contributed by atoms with E-state index in [-0.39, 0.29) is 22.8 Å². The van der Waals surface area contributed by atoms with Gasteiger partial charge in [0.25, 0.3) is 0 Å². The van der Waals surface area contributed by atoms with Crippen molar-refractivity contribution < 1.29 is 9.53 Å². The average Bonchev–Trinajstić information content (AvgIpc) is 2.21. The average molecular weight is 244 g/mol. The highest BCUT2D eigenvalue weighted by Crippen LogP contribution is 2.24. The summed E-state index contributed by atoms with van der Waals surface area (Å²) in [5.74, 6) is -0.102. The summed E-state index contributed by atoms with van der Waals surface area (Å²) in [4.78, 5) is 12.0. The highest BCUT2D eigenvalue weighted by molar-refractivity contribution is 5.79. The molecule has 0 saturated carbocycles. The molecule has 0 aromatic carbocycles. The number of hydrogen-bond acceptors (Lipinski definition) is 3. The number of nitrogens with two attached hydrogens (primary N) is 1. The van der Waals surface area contributed by atoms with E-state index >= 15 is 0 Å². The highest BCUT2D eigenvalue weighted by Gasteiger charge is 2.25. The summed E-state index contributed by atoms with van der Waals surface area (Å²) in [7, 11) is 1.64. The van der Waals surface area contributed by atoms with Gasteiger partial charge in [0.15, 0.2) is 0 Å². The molecule has 0 bridgehead atoms. The Kier molecular flexibility index (Phi) is 6.13. The summed E-state index contributed by atoms with van der Waals surface area (Å²) in [5.41, 5.74) is 5.43. The summed E-state index contributed by atoms with van der Waals surface area (Å²) < 4.78 is 5.26. The Labute approximate surface area is 105 Å². The Morgan fingerprint density at radius 1 is 1.29 bits per heavy atom. The molecule has 0 heterocycles. The van der Waals surface area contributed by atoms with Crippen LogP contribution >= 0.6 is 0 Å². The van der Waals surface area contributed by atoms with E-state index in [4.69, 9.17) is 10.5 Å². The Bertz CT molecular complexity index is 244. The van der Waals surface area contributed by atoms with Crippen molar-refractivity contribution in [1.29, 1.82) is 0 Å². The minimum Gasteiger partial charge on any atom is -0.377 e. The first kappa shape index (κ1) is 16.4. The summed E-state index contributed by atoms with van der Waals surface area (Å²) in [6.45, 7) is 11.1. The van der Waals surface area contributed by atoms with E-state index in [0.717, 1.165) is 6.42 Å². The van der Waals surface area contributed by atoms with Crippen molar-refractivity contribution in [2.24, 2.45) is 17.1 Å². The number of amides is 1. The van der Waals surface area contributed by atoms with Crippen molar-refractivity contribution >= 4 is 5.91 Å². The molecule has 0 aliphatic heterocycles. The topological polar surface area (TPSA) is 64.3 Å². The number of nitrogens with one attached hydrogen (secondary N) is 1. The molecule has 0 aromatic rings. The third-order valence-electron chi connectivity index (χ3n) is 2.76. The molecule has 1 unspecified atom stereocenters. The van der Waals surface area contributed by atoms with Crippen molar-refractivity contribution in [2.75, 3.05) is 20.2 Å². The number of carbonyl (C=O) groups is 1. The molecular formula is C13H28N2O2. The van der Waals surface area contributed by atoms with Crippen LogP contribution in [0.25, 0.3) is 0 Å². The maximum Gasteiger partial charge on any atom is 0.224 e. The van der Waals surface area contributed by atoms with Crippen molar-refractivity contribution in [3.05, 3.63) is 0 Å². The van der Waals surface area contributed by atoms with Gasteiger partial charge in [-0.2, -0.15) is 0 Å². The lowest BCUT2D eigenvalue weighted by Gasteiger charge is -2.27. The van der Waals surface area contributed by atoms with Crippen LogP contribution in [0.15, 0.2) is 0 Å². The Hall–Kier alpha value is -0.610. The molecule has 4 nitrogen and oxygen atoms in total. The van der Waals surface area contributed by atoms with Gasteiger partial charge < -0.3 is 15.8 Å². The smallest absolute Gasteiger partial charge is 0.224 e. The maximum atomic E-state index is 12.0. The molecule has 17 heavy (non-hydrogen) atoms. The quantitative estimate of drug-likeness (QED) is 0.745. The molecule has 0 aliphatic rings. The normalized spacial score (nSPS) is 14.5. The van der Waals surface area contributed by atoms with Crippen LogP contribution in [0.4, 0.5) is 0 Å². The van der Waals surface area contributed by atoms with Gasteiger partial charge in [-0.25, -0.2) is 0 Å². The summed E-state index contributed by atoms with van der Waals surface area (Å²) in [6, 6.07) is 0. The SMILES string of the molecule is COC(C)(C)CNC(=O)C(CN)CC(C)(C)C. The van der Waals surface area contributed by atoms with Gasteiger partial charge in [0.1, 0.15) is 0 Å². The summed E-state index contributed by atoms with van der Waals surface area (Å²) >= 11 is 0. The van der Waals surface area contributed by atoms with E-state index in [1.54, 1.807) is 7.11 Å². The van der Waals surface area contributed by atoms with Crippen LogP contribution in [0.2, 0.25) is 0 Å². The molecule has 3 N–H and O–H groups in total. The first-order chi connectivity index (χ1) is 7.61. The molecule has 0 rings (SSSR count). The van der Waals surface area contributed by atoms with Crippen LogP contribution in [0.3, 0.4) is 0 Å². The highest BCUT2D eigenvalue weighted by atomic mass is 16.5. The predicted molar refractivity (Wildman–Crippen MR) is 70.7 cm³/mol. The van der Waals surface area contributed by atoms with Gasteiger partial charge in [0.2, 0.25) is 5.91 Å². The summed E-state index contributed by atoms with van der Waals surface area (Å²) in [5, 5.41) is 2.90. The molecule has 1 amide bonds. The standard InChI is InChI=1S/C13H28N2O2/c1-12(2,3)7-10(8-14)11(16)15-9-13(4,5)17-6/h10H,7-9,14H2,1-6H3,(H,15,16). The van der Waals surface area contributed by atoms with Crippen molar-refractivity contribution in [1.82, 2.24) is 5.32 Å². The van der Waals surface area contributed by atoms with Gasteiger partial charge >= 0.3 is 0 Å². The Morgan fingerprint density at radius 3 is 2.18 bits per heavy atom. The fourth-order valence-electron chi connectivity index (χ4n) is 1.54. The van der Waals surface area contributed by atoms with Gasteiger partial charge in [-0.15, -0.1) is 0 Å². The predicted octanol–water partition coefficient (Wildman–Crippen LogP) is 1.54. The number of hydrogen-bond donors (Lipinski definition) is 2. The summed E-state index contributed by atoms with van der Waals surface area (Å²) in [6.07, 6.45) is 0.794. The lowest BCUT2D eigenvalue weighted by molar-refractivity contribution is -0.126. The largest absolute Gasteiger partial charge is 0.377 e. The van der Waals surface area contributed by atoms with Crippen molar-refractivity contribution in [2.45, 2.75) is 46.6 Å². The van der Waals surface area contributed by atoms with Crippen LogP contribution in [-0.4, -0.2) is 31.7 Å². The van der Waals surface area contributed by atoms with Gasteiger partial charge in [0, 0.05) is 20.2 Å². The molecule has 0 aromatic heterocycles. The number of ether oxygens (including phenoxy) is 1.